The fourth-order valence-corrected chi connectivity index (χ4v) is 3.23. The quantitative estimate of drug-likeness (QED) is 0.832. The van der Waals surface area contributed by atoms with Crippen molar-refractivity contribution in [2.75, 3.05) is 18.7 Å². The van der Waals surface area contributed by atoms with Gasteiger partial charge in [-0.2, -0.15) is 4.98 Å². The third kappa shape index (κ3) is 4.00. The fraction of sp³-hybridized carbons (Fsp3) is 0.400. The molecule has 2 heterocycles. The highest BCUT2D eigenvalue weighted by molar-refractivity contribution is 7.99. The summed E-state index contributed by atoms with van der Waals surface area (Å²) in [4.78, 5) is 16.5. The highest BCUT2D eigenvalue weighted by Crippen LogP contribution is 2.28. The number of aromatic nitrogens is 2. The number of thioether (sulfide) groups is 1. The maximum atomic E-state index is 12.1. The molecule has 24 heavy (non-hydrogen) atoms. The van der Waals surface area contributed by atoms with E-state index in [1.807, 2.05) is 31.2 Å². The van der Waals surface area contributed by atoms with E-state index >= 15 is 0 Å². The molecule has 2 unspecified atom stereocenters. The molecule has 1 aromatic carbocycles. The molecule has 1 aliphatic rings. The van der Waals surface area contributed by atoms with E-state index in [1.165, 1.54) is 0 Å². The van der Waals surface area contributed by atoms with E-state index < -0.39 is 0 Å². The molecule has 2 N–H and O–H groups in total. The van der Waals surface area contributed by atoms with Gasteiger partial charge in [-0.1, -0.05) is 17.3 Å². The topological polar surface area (TPSA) is 89.3 Å². The van der Waals surface area contributed by atoms with Crippen molar-refractivity contribution < 1.29 is 14.1 Å². The number of ether oxygens (including phenoxy) is 1. The lowest BCUT2D eigenvalue weighted by atomic mass is 10.2. The number of benzene rings is 1. The average molecular weight is 371 g/mol. The zero-order chi connectivity index (χ0) is 16.2. The normalized spacial score (nSPS) is 17.8. The van der Waals surface area contributed by atoms with E-state index in [9.17, 15) is 4.79 Å². The monoisotopic (exact) mass is 370 g/mol. The van der Waals surface area contributed by atoms with Crippen LogP contribution >= 0.6 is 24.2 Å². The summed E-state index contributed by atoms with van der Waals surface area (Å²) in [6, 6.07) is 6.92. The van der Waals surface area contributed by atoms with Crippen LogP contribution in [0.15, 0.2) is 28.8 Å². The minimum absolute atomic E-state index is 0. The van der Waals surface area contributed by atoms with Crippen LogP contribution in [0.4, 0.5) is 0 Å². The molecule has 7 nitrogen and oxygen atoms in total. The summed E-state index contributed by atoms with van der Waals surface area (Å²) in [5.41, 5.74) is 0.748. The lowest BCUT2D eigenvalue weighted by Crippen LogP contribution is -2.43. The van der Waals surface area contributed by atoms with Gasteiger partial charge in [-0.25, -0.2) is 0 Å². The van der Waals surface area contributed by atoms with E-state index in [1.54, 1.807) is 18.9 Å². The highest BCUT2D eigenvalue weighted by Gasteiger charge is 2.26. The first kappa shape index (κ1) is 18.6. The predicted octanol–water partition coefficient (Wildman–Crippen LogP) is 2.01. The van der Waals surface area contributed by atoms with Gasteiger partial charge in [0.1, 0.15) is 11.8 Å². The molecule has 1 aromatic heterocycles. The van der Waals surface area contributed by atoms with Gasteiger partial charge < -0.3 is 14.6 Å². The van der Waals surface area contributed by atoms with Gasteiger partial charge >= 0.3 is 0 Å². The minimum atomic E-state index is -0.356. The Hall–Kier alpha value is -1.77. The third-order valence-corrected chi connectivity index (χ3v) is 4.49. The second kappa shape index (κ2) is 8.36. The molecule has 0 saturated carbocycles. The average Bonchev–Trinajstić information content (AvgIpc) is 3.26. The van der Waals surface area contributed by atoms with Crippen LogP contribution < -0.4 is 15.4 Å². The molecule has 0 radical (unpaired) electrons. The predicted molar refractivity (Wildman–Crippen MR) is 94.3 cm³/mol. The van der Waals surface area contributed by atoms with Crippen LogP contribution in [-0.2, 0) is 4.79 Å². The SMILES string of the molecule is COc1ccccc1-c1noc(C(C)NC(=O)C2CSCN2)n1.Cl. The fourth-order valence-electron chi connectivity index (χ4n) is 2.29. The maximum Gasteiger partial charge on any atom is 0.249 e. The molecule has 2 atom stereocenters. The largest absolute Gasteiger partial charge is 0.496 e. The molecule has 2 aromatic rings. The zero-order valence-electron chi connectivity index (χ0n) is 13.3. The molecule has 1 aliphatic heterocycles. The summed E-state index contributed by atoms with van der Waals surface area (Å²) < 4.78 is 10.6. The van der Waals surface area contributed by atoms with E-state index in [4.69, 9.17) is 9.26 Å². The summed E-state index contributed by atoms with van der Waals surface area (Å²) in [7, 11) is 1.59. The Labute approximate surface area is 150 Å². The Kier molecular flexibility index (Phi) is 6.47. The number of amides is 1. The van der Waals surface area contributed by atoms with E-state index in [0.29, 0.717) is 17.5 Å². The van der Waals surface area contributed by atoms with Crippen molar-refractivity contribution in [3.05, 3.63) is 30.2 Å². The van der Waals surface area contributed by atoms with Crippen LogP contribution in [0, 0.1) is 0 Å². The summed E-state index contributed by atoms with van der Waals surface area (Å²) in [6.45, 7) is 1.82. The smallest absolute Gasteiger partial charge is 0.249 e. The number of methoxy groups -OCH3 is 1. The van der Waals surface area contributed by atoms with Gasteiger partial charge in [-0.3, -0.25) is 10.1 Å². The molecule has 0 aliphatic carbocycles. The van der Waals surface area contributed by atoms with E-state index in [-0.39, 0.29) is 30.4 Å². The Balaban J connectivity index is 0.00000208. The molecule has 3 rings (SSSR count). The summed E-state index contributed by atoms with van der Waals surface area (Å²) in [6.07, 6.45) is 0. The van der Waals surface area contributed by atoms with E-state index in [0.717, 1.165) is 17.2 Å². The van der Waals surface area contributed by atoms with Crippen molar-refractivity contribution in [2.24, 2.45) is 0 Å². The summed E-state index contributed by atoms with van der Waals surface area (Å²) in [5, 5.41) is 10.0. The van der Waals surface area contributed by atoms with Gasteiger partial charge in [0.05, 0.1) is 18.7 Å². The summed E-state index contributed by atoms with van der Waals surface area (Å²) in [5.74, 6) is 2.99. The van der Waals surface area contributed by atoms with Crippen LogP contribution in [0.3, 0.4) is 0 Å². The van der Waals surface area contributed by atoms with Gasteiger partial charge in [0, 0.05) is 11.6 Å². The van der Waals surface area contributed by atoms with Crippen molar-refractivity contribution >= 4 is 30.1 Å². The lowest BCUT2D eigenvalue weighted by molar-refractivity contribution is -0.123. The number of halogens is 1. The number of para-hydroxylation sites is 1. The van der Waals surface area contributed by atoms with Crippen LogP contribution in [-0.4, -0.2) is 40.8 Å². The number of hydrogen-bond acceptors (Lipinski definition) is 7. The van der Waals surface area contributed by atoms with Crippen LogP contribution in [0.2, 0.25) is 0 Å². The van der Waals surface area contributed by atoms with Crippen LogP contribution in [0.5, 0.6) is 5.75 Å². The molecule has 1 saturated heterocycles. The molecule has 1 amide bonds. The standard InChI is InChI=1S/C15H18N4O3S.ClH/c1-9(17-14(20)11-7-23-8-16-11)15-18-13(19-22-15)10-5-3-4-6-12(10)21-2;/h3-6,9,11,16H,7-8H2,1-2H3,(H,17,20);1H. The van der Waals surface area contributed by atoms with Crippen molar-refractivity contribution in [3.8, 4) is 17.1 Å². The van der Waals surface area contributed by atoms with Gasteiger partial charge in [0.15, 0.2) is 0 Å². The zero-order valence-corrected chi connectivity index (χ0v) is 14.9. The van der Waals surface area contributed by atoms with Gasteiger partial charge in [0.25, 0.3) is 0 Å². The number of hydrogen-bond donors (Lipinski definition) is 2. The Morgan fingerprint density at radius 1 is 1.50 bits per heavy atom. The first-order valence-electron chi connectivity index (χ1n) is 7.27. The van der Waals surface area contributed by atoms with Crippen molar-refractivity contribution in [1.82, 2.24) is 20.8 Å². The molecular weight excluding hydrogens is 352 g/mol. The number of nitrogens with one attached hydrogen (secondary N) is 2. The Bertz CT molecular complexity index is 691. The first-order chi connectivity index (χ1) is 11.2. The van der Waals surface area contributed by atoms with E-state index in [2.05, 4.69) is 20.8 Å². The molecule has 0 spiro atoms. The van der Waals surface area contributed by atoms with Gasteiger partial charge in [-0.05, 0) is 19.1 Å². The molecule has 9 heteroatoms. The number of rotatable bonds is 5. The highest BCUT2D eigenvalue weighted by atomic mass is 35.5. The molecule has 0 bridgehead atoms. The van der Waals surface area contributed by atoms with Crippen molar-refractivity contribution in [3.63, 3.8) is 0 Å². The van der Waals surface area contributed by atoms with Gasteiger partial charge in [-0.15, -0.1) is 24.2 Å². The summed E-state index contributed by atoms with van der Waals surface area (Å²) >= 11 is 1.70. The Morgan fingerprint density at radius 3 is 3.00 bits per heavy atom. The first-order valence-corrected chi connectivity index (χ1v) is 8.43. The number of carbonyl (C=O) groups is 1. The maximum absolute atomic E-state index is 12.1. The second-order valence-electron chi connectivity index (χ2n) is 5.16. The van der Waals surface area contributed by atoms with Crippen LogP contribution in [0.1, 0.15) is 18.9 Å². The van der Waals surface area contributed by atoms with Crippen LogP contribution in [0.25, 0.3) is 11.4 Å². The molecular formula is C15H19ClN4O3S. The number of nitrogens with zero attached hydrogens (tertiary/aromatic N) is 2. The van der Waals surface area contributed by atoms with Crippen molar-refractivity contribution in [1.29, 1.82) is 0 Å². The molecule has 1 fully saturated rings. The molecule has 130 valence electrons. The Morgan fingerprint density at radius 2 is 2.29 bits per heavy atom. The second-order valence-corrected chi connectivity index (χ2v) is 6.19. The van der Waals surface area contributed by atoms with Gasteiger partial charge in [0.2, 0.25) is 17.6 Å². The van der Waals surface area contributed by atoms with Crippen molar-refractivity contribution in [2.45, 2.75) is 19.0 Å². The lowest BCUT2D eigenvalue weighted by Gasteiger charge is -2.13. The number of carbonyl (C=O) groups excluding carboxylic acids is 1. The third-order valence-electron chi connectivity index (χ3n) is 3.55. The minimum Gasteiger partial charge on any atom is -0.496 e.